The summed E-state index contributed by atoms with van der Waals surface area (Å²) in [7, 11) is 0. The molecule has 1 aliphatic carbocycles. The smallest absolute Gasteiger partial charge is 0.224 e. The molecule has 1 N–H and O–H groups in total. The maximum atomic E-state index is 13.3. The molecule has 1 aliphatic rings. The minimum absolute atomic E-state index is 0.00758. The number of nitrogens with one attached hydrogen (secondary N) is 1. The molecule has 27 heavy (non-hydrogen) atoms. The van der Waals surface area contributed by atoms with Crippen LogP contribution < -0.4 is 5.32 Å². The molecule has 0 aliphatic heterocycles. The molecule has 3 aromatic heterocycles. The molecule has 1 saturated carbocycles. The number of aromatic nitrogens is 2. The first-order valence-corrected chi connectivity index (χ1v) is 9.01. The number of hydrogen-bond acceptors (Lipinski definition) is 3. The van der Waals surface area contributed by atoms with Crippen LogP contribution in [0.4, 0.5) is 4.39 Å². The van der Waals surface area contributed by atoms with Crippen molar-refractivity contribution in [3.63, 3.8) is 0 Å². The van der Waals surface area contributed by atoms with Gasteiger partial charge in [-0.2, -0.15) is 0 Å². The Morgan fingerprint density at radius 1 is 1.33 bits per heavy atom. The molecule has 0 saturated heterocycles. The van der Waals surface area contributed by atoms with Crippen LogP contribution in [0.5, 0.6) is 0 Å². The predicted octanol–water partition coefficient (Wildman–Crippen LogP) is 4.20. The zero-order valence-electron chi connectivity index (χ0n) is 14.7. The van der Waals surface area contributed by atoms with Crippen LogP contribution in [0.2, 0.25) is 0 Å². The lowest BCUT2D eigenvalue weighted by molar-refractivity contribution is -0.123. The van der Waals surface area contributed by atoms with Crippen molar-refractivity contribution in [3.05, 3.63) is 72.3 Å². The lowest BCUT2D eigenvalue weighted by Crippen LogP contribution is -2.28. The van der Waals surface area contributed by atoms with Gasteiger partial charge in [-0.05, 0) is 49.7 Å². The van der Waals surface area contributed by atoms with Gasteiger partial charge in [-0.1, -0.05) is 6.07 Å². The molecule has 0 unspecified atom stereocenters. The number of nitrogens with zero attached hydrogens (tertiary/aromatic N) is 2. The summed E-state index contributed by atoms with van der Waals surface area (Å²) in [5.41, 5.74) is 1.64. The van der Waals surface area contributed by atoms with Crippen LogP contribution in [0.25, 0.3) is 16.5 Å². The summed E-state index contributed by atoms with van der Waals surface area (Å²) < 4.78 is 21.1. The first-order chi connectivity index (χ1) is 13.1. The van der Waals surface area contributed by atoms with E-state index in [9.17, 15) is 9.18 Å². The number of benzene rings is 1. The van der Waals surface area contributed by atoms with Crippen molar-refractivity contribution in [3.8, 4) is 0 Å². The van der Waals surface area contributed by atoms with Gasteiger partial charge in [0.2, 0.25) is 5.91 Å². The molecule has 3 atom stereocenters. The van der Waals surface area contributed by atoms with Gasteiger partial charge in [-0.15, -0.1) is 0 Å². The van der Waals surface area contributed by atoms with E-state index in [1.54, 1.807) is 12.1 Å². The molecule has 5 rings (SSSR count). The highest BCUT2D eigenvalue weighted by Gasteiger charge is 2.46. The van der Waals surface area contributed by atoms with E-state index in [-0.39, 0.29) is 29.6 Å². The van der Waals surface area contributed by atoms with Crippen molar-refractivity contribution in [2.45, 2.75) is 25.3 Å². The molecular weight excluding hydrogens is 345 g/mol. The van der Waals surface area contributed by atoms with Crippen molar-refractivity contribution in [2.75, 3.05) is 0 Å². The maximum absolute atomic E-state index is 13.3. The summed E-state index contributed by atoms with van der Waals surface area (Å²) in [6.45, 7) is 1.87. The van der Waals surface area contributed by atoms with Crippen LogP contribution in [0, 0.1) is 11.7 Å². The minimum atomic E-state index is -0.306. The van der Waals surface area contributed by atoms with Gasteiger partial charge in [0.05, 0.1) is 17.8 Å². The van der Waals surface area contributed by atoms with Crippen LogP contribution in [0.3, 0.4) is 0 Å². The summed E-state index contributed by atoms with van der Waals surface area (Å²) >= 11 is 0. The Balaban J connectivity index is 1.30. The van der Waals surface area contributed by atoms with E-state index in [0.717, 1.165) is 17.8 Å². The first kappa shape index (κ1) is 16.1. The Bertz CT molecular complexity index is 1160. The number of hydrogen-bond donors (Lipinski definition) is 1. The summed E-state index contributed by atoms with van der Waals surface area (Å²) in [4.78, 5) is 17.1. The second-order valence-corrected chi connectivity index (χ2v) is 7.12. The quantitative estimate of drug-likeness (QED) is 0.591. The Hall–Kier alpha value is -3.15. The molecule has 6 heteroatoms. The lowest BCUT2D eigenvalue weighted by Gasteiger charge is -2.11. The summed E-state index contributed by atoms with van der Waals surface area (Å²) in [5, 5.41) is 3.70. The topological polar surface area (TPSA) is 59.5 Å². The van der Waals surface area contributed by atoms with E-state index in [1.165, 1.54) is 12.1 Å². The van der Waals surface area contributed by atoms with Crippen LogP contribution in [-0.4, -0.2) is 15.3 Å². The Morgan fingerprint density at radius 3 is 3.11 bits per heavy atom. The number of furan rings is 1. The monoisotopic (exact) mass is 363 g/mol. The molecule has 0 bridgehead atoms. The number of pyridine rings is 1. The van der Waals surface area contributed by atoms with Crippen LogP contribution in [-0.2, 0) is 4.79 Å². The molecule has 5 nitrogen and oxygen atoms in total. The SMILES string of the molecule is C[C@@H](NC(=O)[C@H]1C[C@@H]1c1ncc2ccccn12)c1cc2cc(F)ccc2o1. The van der Waals surface area contributed by atoms with E-state index in [2.05, 4.69) is 10.3 Å². The minimum Gasteiger partial charge on any atom is -0.459 e. The lowest BCUT2D eigenvalue weighted by atomic mass is 10.2. The highest BCUT2D eigenvalue weighted by Crippen LogP contribution is 2.47. The summed E-state index contributed by atoms with van der Waals surface area (Å²) in [6.07, 6.45) is 4.60. The van der Waals surface area contributed by atoms with Crippen molar-refractivity contribution >= 4 is 22.4 Å². The van der Waals surface area contributed by atoms with Crippen molar-refractivity contribution in [1.29, 1.82) is 0 Å². The van der Waals surface area contributed by atoms with E-state index in [0.29, 0.717) is 16.7 Å². The molecular formula is C21H18FN3O2. The predicted molar refractivity (Wildman–Crippen MR) is 98.8 cm³/mol. The molecule has 136 valence electrons. The molecule has 1 fully saturated rings. The van der Waals surface area contributed by atoms with Gasteiger partial charge < -0.3 is 14.1 Å². The zero-order chi connectivity index (χ0) is 18.5. The van der Waals surface area contributed by atoms with Crippen LogP contribution in [0.15, 0.2) is 59.3 Å². The summed E-state index contributed by atoms with van der Waals surface area (Å²) in [5.74, 6) is 1.28. The van der Waals surface area contributed by atoms with Crippen molar-refractivity contribution in [2.24, 2.45) is 5.92 Å². The Morgan fingerprint density at radius 2 is 2.22 bits per heavy atom. The fourth-order valence-electron chi connectivity index (χ4n) is 3.65. The van der Waals surface area contributed by atoms with Crippen LogP contribution >= 0.6 is 0 Å². The van der Waals surface area contributed by atoms with Gasteiger partial charge in [-0.3, -0.25) is 4.79 Å². The van der Waals surface area contributed by atoms with Gasteiger partial charge in [-0.25, -0.2) is 9.37 Å². The summed E-state index contributed by atoms with van der Waals surface area (Å²) in [6, 6.07) is 11.8. The number of imidazole rings is 1. The molecule has 1 amide bonds. The average molecular weight is 363 g/mol. The van der Waals surface area contributed by atoms with Gasteiger partial charge in [0.25, 0.3) is 0 Å². The molecule has 3 heterocycles. The fourth-order valence-corrected chi connectivity index (χ4v) is 3.65. The number of amides is 1. The van der Waals surface area contributed by atoms with Crippen molar-refractivity contribution in [1.82, 2.24) is 14.7 Å². The second-order valence-electron chi connectivity index (χ2n) is 7.12. The third-order valence-electron chi connectivity index (χ3n) is 5.21. The molecule has 0 radical (unpaired) electrons. The van der Waals surface area contributed by atoms with E-state index >= 15 is 0 Å². The van der Waals surface area contributed by atoms with Crippen molar-refractivity contribution < 1.29 is 13.6 Å². The van der Waals surface area contributed by atoms with Gasteiger partial charge in [0.1, 0.15) is 23.0 Å². The number of fused-ring (bicyclic) bond motifs is 2. The Labute approximate surface area is 154 Å². The van der Waals surface area contributed by atoms with Gasteiger partial charge in [0.15, 0.2) is 0 Å². The van der Waals surface area contributed by atoms with Crippen LogP contribution in [0.1, 0.15) is 36.9 Å². The Kier molecular flexibility index (Phi) is 3.53. The van der Waals surface area contributed by atoms with Gasteiger partial charge in [0, 0.05) is 23.4 Å². The highest BCUT2D eigenvalue weighted by atomic mass is 19.1. The maximum Gasteiger partial charge on any atom is 0.224 e. The highest BCUT2D eigenvalue weighted by molar-refractivity contribution is 5.83. The first-order valence-electron chi connectivity index (χ1n) is 9.01. The molecule has 4 aromatic rings. The number of carbonyl (C=O) groups is 1. The van der Waals surface area contributed by atoms with E-state index in [4.69, 9.17) is 4.42 Å². The normalized spacial score (nSPS) is 20.1. The van der Waals surface area contributed by atoms with Gasteiger partial charge >= 0.3 is 0 Å². The number of carbonyl (C=O) groups excluding carboxylic acids is 1. The molecule has 0 spiro atoms. The average Bonchev–Trinajstić information content (AvgIpc) is 3.16. The fraction of sp³-hybridized carbons (Fsp3) is 0.238. The number of rotatable bonds is 4. The molecule has 1 aromatic carbocycles. The zero-order valence-corrected chi connectivity index (χ0v) is 14.7. The third-order valence-corrected chi connectivity index (χ3v) is 5.21. The largest absolute Gasteiger partial charge is 0.459 e. The standard InChI is InChI=1S/C21H18FN3O2/c1-12(19-9-13-8-14(22)5-6-18(13)27-19)24-21(26)17-10-16(17)20-23-11-15-4-2-3-7-25(15)20/h2-9,11-12,16-17H,10H2,1H3,(H,24,26)/t12-,16+,17+/m1/s1. The number of halogens is 1. The third kappa shape index (κ3) is 2.77. The van der Waals surface area contributed by atoms with E-state index in [1.807, 2.05) is 41.9 Å². The second kappa shape index (κ2) is 5.94. The van der Waals surface area contributed by atoms with E-state index < -0.39 is 0 Å².